The van der Waals surface area contributed by atoms with Gasteiger partial charge in [-0.2, -0.15) is 0 Å². The normalized spacial score (nSPS) is 11.9. The second-order valence-corrected chi connectivity index (χ2v) is 6.79. The molecule has 0 radical (unpaired) electrons. The topological polar surface area (TPSA) is 68.3 Å². The number of aryl methyl sites for hydroxylation is 2. The van der Waals surface area contributed by atoms with Crippen LogP contribution in [0.3, 0.4) is 0 Å². The molecule has 3 aromatic rings. The average Bonchev–Trinajstić information content (AvgIpc) is 3.05. The molecule has 0 atom stereocenters. The summed E-state index contributed by atoms with van der Waals surface area (Å²) in [5.41, 5.74) is 2.40. The summed E-state index contributed by atoms with van der Waals surface area (Å²) in [6.45, 7) is 9.89. The highest BCUT2D eigenvalue weighted by Crippen LogP contribution is 2.29. The van der Waals surface area contributed by atoms with Gasteiger partial charge < -0.3 is 14.3 Å². The number of aromatic nitrogens is 1. The molecule has 0 bridgehead atoms. The van der Waals surface area contributed by atoms with Gasteiger partial charge in [-0.3, -0.25) is 4.79 Å². The SMILES string of the molecule is Cc1c(C(=O)Nc2cc(C(C)(C)C)on2)oc2c(C)cccc12. The maximum absolute atomic E-state index is 12.5. The van der Waals surface area contributed by atoms with Gasteiger partial charge in [-0.05, 0) is 19.4 Å². The third-order valence-electron chi connectivity index (χ3n) is 3.86. The van der Waals surface area contributed by atoms with Crippen LogP contribution in [0.4, 0.5) is 5.82 Å². The maximum Gasteiger partial charge on any atom is 0.292 e. The quantitative estimate of drug-likeness (QED) is 0.751. The number of benzene rings is 1. The molecule has 0 spiro atoms. The third-order valence-corrected chi connectivity index (χ3v) is 3.86. The summed E-state index contributed by atoms with van der Waals surface area (Å²) in [5.74, 6) is 1.07. The molecule has 2 aromatic heterocycles. The fourth-order valence-corrected chi connectivity index (χ4v) is 2.46. The smallest absolute Gasteiger partial charge is 0.292 e. The Hall–Kier alpha value is -2.56. The van der Waals surface area contributed by atoms with Crippen LogP contribution < -0.4 is 5.32 Å². The van der Waals surface area contributed by atoms with E-state index in [1.165, 1.54) is 0 Å². The monoisotopic (exact) mass is 312 g/mol. The molecular weight excluding hydrogens is 292 g/mol. The van der Waals surface area contributed by atoms with E-state index >= 15 is 0 Å². The van der Waals surface area contributed by atoms with Crippen molar-refractivity contribution in [2.24, 2.45) is 0 Å². The third kappa shape index (κ3) is 2.74. The fourth-order valence-electron chi connectivity index (χ4n) is 2.46. The van der Waals surface area contributed by atoms with Crippen molar-refractivity contribution >= 4 is 22.7 Å². The van der Waals surface area contributed by atoms with E-state index in [1.54, 1.807) is 6.07 Å². The fraction of sp³-hybridized carbons (Fsp3) is 0.333. The number of fused-ring (bicyclic) bond motifs is 1. The highest BCUT2D eigenvalue weighted by Gasteiger charge is 2.23. The molecule has 2 heterocycles. The van der Waals surface area contributed by atoms with Gasteiger partial charge in [-0.15, -0.1) is 0 Å². The summed E-state index contributed by atoms with van der Waals surface area (Å²) in [6, 6.07) is 7.60. The highest BCUT2D eigenvalue weighted by atomic mass is 16.5. The molecule has 1 amide bonds. The van der Waals surface area contributed by atoms with Crippen LogP contribution in [0.25, 0.3) is 11.0 Å². The number of hydrogen-bond donors (Lipinski definition) is 1. The molecule has 23 heavy (non-hydrogen) atoms. The van der Waals surface area contributed by atoms with Gasteiger partial charge in [-0.25, -0.2) is 0 Å². The summed E-state index contributed by atoms with van der Waals surface area (Å²) in [5, 5.41) is 7.58. The van der Waals surface area contributed by atoms with Crippen molar-refractivity contribution < 1.29 is 13.7 Å². The van der Waals surface area contributed by atoms with Crippen LogP contribution in [-0.4, -0.2) is 11.1 Å². The number of para-hydroxylation sites is 1. The van der Waals surface area contributed by atoms with Crippen LogP contribution in [0, 0.1) is 13.8 Å². The number of amides is 1. The van der Waals surface area contributed by atoms with Gasteiger partial charge in [0.2, 0.25) is 0 Å². The molecule has 1 aromatic carbocycles. The van der Waals surface area contributed by atoms with E-state index in [1.807, 2.05) is 52.8 Å². The number of anilines is 1. The van der Waals surface area contributed by atoms with Crippen molar-refractivity contribution in [3.63, 3.8) is 0 Å². The zero-order valence-electron chi connectivity index (χ0n) is 14.0. The van der Waals surface area contributed by atoms with Crippen molar-refractivity contribution in [1.29, 1.82) is 0 Å². The van der Waals surface area contributed by atoms with E-state index in [0.717, 1.165) is 22.1 Å². The van der Waals surface area contributed by atoms with Crippen molar-refractivity contribution in [2.45, 2.75) is 40.0 Å². The molecule has 0 aliphatic heterocycles. The molecule has 5 nitrogen and oxygen atoms in total. The Morgan fingerprint density at radius 1 is 1.22 bits per heavy atom. The highest BCUT2D eigenvalue weighted by molar-refractivity contribution is 6.06. The van der Waals surface area contributed by atoms with Crippen LogP contribution in [0.15, 0.2) is 33.2 Å². The number of carbonyl (C=O) groups excluding carboxylic acids is 1. The second kappa shape index (κ2) is 5.26. The summed E-state index contributed by atoms with van der Waals surface area (Å²) in [4.78, 5) is 12.5. The lowest BCUT2D eigenvalue weighted by Gasteiger charge is -2.11. The Morgan fingerprint density at radius 2 is 1.96 bits per heavy atom. The van der Waals surface area contributed by atoms with Gasteiger partial charge in [0.1, 0.15) is 11.3 Å². The lowest BCUT2D eigenvalue weighted by Crippen LogP contribution is -2.12. The summed E-state index contributed by atoms with van der Waals surface area (Å²) in [6.07, 6.45) is 0. The Morgan fingerprint density at radius 3 is 2.57 bits per heavy atom. The number of nitrogens with zero attached hydrogens (tertiary/aromatic N) is 1. The number of rotatable bonds is 2. The molecule has 0 saturated heterocycles. The lowest BCUT2D eigenvalue weighted by atomic mass is 9.93. The number of nitrogens with one attached hydrogen (secondary N) is 1. The molecular formula is C18H20N2O3. The first-order chi connectivity index (χ1) is 10.8. The van der Waals surface area contributed by atoms with Crippen LogP contribution in [0.1, 0.15) is 48.2 Å². The summed E-state index contributed by atoms with van der Waals surface area (Å²) >= 11 is 0. The molecule has 0 aliphatic rings. The summed E-state index contributed by atoms with van der Waals surface area (Å²) in [7, 11) is 0. The van der Waals surface area contributed by atoms with Gasteiger partial charge in [-0.1, -0.05) is 44.1 Å². The Kier molecular flexibility index (Phi) is 3.51. The molecule has 0 saturated carbocycles. The van der Waals surface area contributed by atoms with E-state index in [-0.39, 0.29) is 11.3 Å². The van der Waals surface area contributed by atoms with Gasteiger partial charge in [0.15, 0.2) is 11.6 Å². The maximum atomic E-state index is 12.5. The first kappa shape index (κ1) is 15.3. The minimum atomic E-state index is -0.327. The molecule has 0 fully saturated rings. The van der Waals surface area contributed by atoms with E-state index in [9.17, 15) is 4.79 Å². The van der Waals surface area contributed by atoms with E-state index < -0.39 is 0 Å². The van der Waals surface area contributed by atoms with Gasteiger partial charge >= 0.3 is 0 Å². The predicted octanol–water partition coefficient (Wildman–Crippen LogP) is 4.59. The first-order valence-corrected chi connectivity index (χ1v) is 7.54. The molecule has 0 aliphatic carbocycles. The number of hydrogen-bond acceptors (Lipinski definition) is 4. The van der Waals surface area contributed by atoms with Crippen LogP contribution in [0.5, 0.6) is 0 Å². The minimum absolute atomic E-state index is 0.164. The summed E-state index contributed by atoms with van der Waals surface area (Å²) < 4.78 is 11.0. The van der Waals surface area contributed by atoms with Crippen molar-refractivity contribution in [3.8, 4) is 0 Å². The lowest BCUT2D eigenvalue weighted by molar-refractivity contribution is 0.0997. The zero-order valence-corrected chi connectivity index (χ0v) is 14.0. The van der Waals surface area contributed by atoms with E-state index in [4.69, 9.17) is 8.94 Å². The standard InChI is InChI=1S/C18H20N2O3/c1-10-7-6-8-12-11(2)16(22-15(10)12)17(21)19-14-9-13(23-20-14)18(3,4)5/h6-9H,1-5H3,(H,19,20,21). The Balaban J connectivity index is 1.91. The first-order valence-electron chi connectivity index (χ1n) is 7.54. The van der Waals surface area contributed by atoms with Gasteiger partial charge in [0.25, 0.3) is 5.91 Å². The molecule has 1 N–H and O–H groups in total. The predicted molar refractivity (Wildman–Crippen MR) is 88.8 cm³/mol. The zero-order chi connectivity index (χ0) is 16.8. The Labute approximate surface area is 134 Å². The van der Waals surface area contributed by atoms with Crippen LogP contribution >= 0.6 is 0 Å². The minimum Gasteiger partial charge on any atom is -0.450 e. The van der Waals surface area contributed by atoms with Gasteiger partial charge in [0.05, 0.1) is 0 Å². The second-order valence-electron chi connectivity index (χ2n) is 6.79. The number of carbonyl (C=O) groups is 1. The van der Waals surface area contributed by atoms with Crippen LogP contribution in [0.2, 0.25) is 0 Å². The van der Waals surface area contributed by atoms with Crippen molar-refractivity contribution in [1.82, 2.24) is 5.16 Å². The largest absolute Gasteiger partial charge is 0.450 e. The van der Waals surface area contributed by atoms with E-state index in [0.29, 0.717) is 17.3 Å². The number of furan rings is 1. The van der Waals surface area contributed by atoms with Crippen molar-refractivity contribution in [2.75, 3.05) is 5.32 Å². The van der Waals surface area contributed by atoms with E-state index in [2.05, 4.69) is 10.5 Å². The average molecular weight is 312 g/mol. The molecule has 5 heteroatoms. The molecule has 120 valence electrons. The molecule has 0 unspecified atom stereocenters. The van der Waals surface area contributed by atoms with Crippen molar-refractivity contribution in [3.05, 3.63) is 46.9 Å². The Bertz CT molecular complexity index is 881. The molecule has 3 rings (SSSR count). The van der Waals surface area contributed by atoms with Gasteiger partial charge in [0, 0.05) is 22.4 Å². The van der Waals surface area contributed by atoms with Crippen LogP contribution in [-0.2, 0) is 5.41 Å².